The Morgan fingerprint density at radius 2 is 1.78 bits per heavy atom. The normalized spacial score (nSPS) is 10.7. The first-order chi connectivity index (χ1) is 13.3. The third-order valence-electron chi connectivity index (χ3n) is 3.75. The van der Waals surface area contributed by atoms with Gasteiger partial charge in [0.1, 0.15) is 0 Å². The summed E-state index contributed by atoms with van der Waals surface area (Å²) in [6.45, 7) is 0. The topological polar surface area (TPSA) is 63.8 Å². The molecule has 2 heterocycles. The number of hydrogen-bond donors (Lipinski definition) is 1. The molecule has 134 valence electrons. The van der Waals surface area contributed by atoms with Gasteiger partial charge in [-0.15, -0.1) is 16.9 Å². The van der Waals surface area contributed by atoms with E-state index < -0.39 is 5.95 Å². The van der Waals surface area contributed by atoms with Crippen molar-refractivity contribution in [1.29, 1.82) is 0 Å². The van der Waals surface area contributed by atoms with Gasteiger partial charge < -0.3 is 9.73 Å². The van der Waals surface area contributed by atoms with Crippen molar-refractivity contribution in [3.63, 3.8) is 0 Å². The summed E-state index contributed by atoms with van der Waals surface area (Å²) in [6, 6.07) is 20.9. The van der Waals surface area contributed by atoms with Crippen LogP contribution >= 0.6 is 11.8 Å². The number of halogens is 1. The standard InChI is InChI=1S/C20H15FN4OS/c21-18-12-14(10-11-22-18)13-27-17-9-5-4-8-16(17)19-24-25-20(26-19)23-15-6-2-1-3-7-15/h1-12H,13H2,(H,23,25). The average Bonchev–Trinajstić information content (AvgIpc) is 3.16. The van der Waals surface area contributed by atoms with Crippen LogP contribution in [0.5, 0.6) is 0 Å². The van der Waals surface area contributed by atoms with Gasteiger partial charge in [0, 0.05) is 22.5 Å². The Balaban J connectivity index is 1.52. The zero-order valence-corrected chi connectivity index (χ0v) is 15.0. The number of para-hydroxylation sites is 1. The zero-order chi connectivity index (χ0) is 18.5. The number of nitrogens with one attached hydrogen (secondary N) is 1. The average molecular weight is 378 g/mol. The van der Waals surface area contributed by atoms with E-state index in [1.807, 2.05) is 54.6 Å². The minimum atomic E-state index is -0.477. The molecule has 0 radical (unpaired) electrons. The van der Waals surface area contributed by atoms with E-state index in [-0.39, 0.29) is 0 Å². The summed E-state index contributed by atoms with van der Waals surface area (Å²) in [6.07, 6.45) is 1.47. The van der Waals surface area contributed by atoms with Crippen LogP contribution in [-0.2, 0) is 5.75 Å². The molecule has 0 amide bonds. The lowest BCUT2D eigenvalue weighted by atomic mass is 10.2. The van der Waals surface area contributed by atoms with E-state index in [2.05, 4.69) is 20.5 Å². The van der Waals surface area contributed by atoms with Gasteiger partial charge in [0.15, 0.2) is 0 Å². The number of hydrogen-bond acceptors (Lipinski definition) is 6. The second kappa shape index (κ2) is 8.01. The number of pyridine rings is 1. The number of rotatable bonds is 6. The van der Waals surface area contributed by atoms with Crippen molar-refractivity contribution >= 4 is 23.5 Å². The molecular weight excluding hydrogens is 363 g/mol. The lowest BCUT2D eigenvalue weighted by Gasteiger charge is -2.06. The van der Waals surface area contributed by atoms with E-state index in [1.165, 1.54) is 12.3 Å². The third kappa shape index (κ3) is 4.32. The van der Waals surface area contributed by atoms with Crippen LogP contribution in [0, 0.1) is 5.95 Å². The Bertz CT molecular complexity index is 1040. The molecule has 0 unspecified atom stereocenters. The maximum Gasteiger partial charge on any atom is 0.320 e. The molecule has 2 aromatic heterocycles. The minimum Gasteiger partial charge on any atom is -0.403 e. The molecule has 4 aromatic rings. The number of aromatic nitrogens is 3. The fourth-order valence-electron chi connectivity index (χ4n) is 2.49. The van der Waals surface area contributed by atoms with E-state index in [4.69, 9.17) is 4.42 Å². The SMILES string of the molecule is Fc1cc(CSc2ccccc2-c2nnc(Nc3ccccc3)o2)ccn1. The number of benzene rings is 2. The smallest absolute Gasteiger partial charge is 0.320 e. The molecule has 0 atom stereocenters. The van der Waals surface area contributed by atoms with Gasteiger partial charge in [-0.3, -0.25) is 0 Å². The highest BCUT2D eigenvalue weighted by molar-refractivity contribution is 7.98. The molecule has 0 saturated carbocycles. The summed E-state index contributed by atoms with van der Waals surface area (Å²) in [4.78, 5) is 4.56. The molecule has 0 aliphatic rings. The second-order valence-corrected chi connectivity index (χ2v) is 6.69. The predicted molar refractivity (Wildman–Crippen MR) is 103 cm³/mol. The van der Waals surface area contributed by atoms with Crippen molar-refractivity contribution < 1.29 is 8.81 Å². The number of nitrogens with zero attached hydrogens (tertiary/aromatic N) is 3. The highest BCUT2D eigenvalue weighted by atomic mass is 32.2. The molecule has 2 aromatic carbocycles. The van der Waals surface area contributed by atoms with Crippen LogP contribution in [0.2, 0.25) is 0 Å². The lowest BCUT2D eigenvalue weighted by molar-refractivity contribution is 0.582. The Kier molecular flexibility index (Phi) is 5.11. The lowest BCUT2D eigenvalue weighted by Crippen LogP contribution is -1.88. The highest BCUT2D eigenvalue weighted by Gasteiger charge is 2.13. The van der Waals surface area contributed by atoms with E-state index in [1.54, 1.807) is 17.8 Å². The van der Waals surface area contributed by atoms with Gasteiger partial charge in [-0.1, -0.05) is 35.4 Å². The van der Waals surface area contributed by atoms with Gasteiger partial charge in [0.2, 0.25) is 5.95 Å². The largest absolute Gasteiger partial charge is 0.403 e. The molecule has 0 bridgehead atoms. The Hall–Kier alpha value is -3.19. The number of thioether (sulfide) groups is 1. The van der Waals surface area contributed by atoms with Gasteiger partial charge in [-0.2, -0.15) is 4.39 Å². The second-order valence-electron chi connectivity index (χ2n) is 5.68. The molecule has 7 heteroatoms. The van der Waals surface area contributed by atoms with Crippen LogP contribution in [0.1, 0.15) is 5.56 Å². The molecular formula is C20H15FN4OS. The Morgan fingerprint density at radius 3 is 2.63 bits per heavy atom. The molecule has 0 spiro atoms. The third-order valence-corrected chi connectivity index (χ3v) is 4.90. The molecule has 5 nitrogen and oxygen atoms in total. The van der Waals surface area contributed by atoms with Crippen molar-refractivity contribution in [3.05, 3.63) is 84.4 Å². The summed E-state index contributed by atoms with van der Waals surface area (Å²) in [7, 11) is 0. The van der Waals surface area contributed by atoms with E-state index >= 15 is 0 Å². The van der Waals surface area contributed by atoms with Crippen LogP contribution in [0.15, 0.2) is 82.2 Å². The van der Waals surface area contributed by atoms with Crippen LogP contribution < -0.4 is 5.32 Å². The minimum absolute atomic E-state index is 0.326. The molecule has 1 N–H and O–H groups in total. The van der Waals surface area contributed by atoms with Gasteiger partial charge in [-0.05, 0) is 42.0 Å². The maximum atomic E-state index is 13.3. The Morgan fingerprint density at radius 1 is 0.963 bits per heavy atom. The van der Waals surface area contributed by atoms with Crippen molar-refractivity contribution in [2.24, 2.45) is 0 Å². The summed E-state index contributed by atoms with van der Waals surface area (Å²) in [5.41, 5.74) is 2.57. The summed E-state index contributed by atoms with van der Waals surface area (Å²) in [5, 5.41) is 11.3. The first-order valence-electron chi connectivity index (χ1n) is 8.26. The maximum absolute atomic E-state index is 13.3. The molecule has 0 fully saturated rings. The molecule has 0 saturated heterocycles. The van der Waals surface area contributed by atoms with Crippen LogP contribution in [0.3, 0.4) is 0 Å². The summed E-state index contributed by atoms with van der Waals surface area (Å²) in [5.74, 6) is 0.562. The van der Waals surface area contributed by atoms with Gasteiger partial charge in [-0.25, -0.2) is 4.98 Å². The molecule has 27 heavy (non-hydrogen) atoms. The van der Waals surface area contributed by atoms with Crippen LogP contribution in [0.25, 0.3) is 11.5 Å². The van der Waals surface area contributed by atoms with Gasteiger partial charge in [0.25, 0.3) is 5.89 Å². The van der Waals surface area contributed by atoms with E-state index in [9.17, 15) is 4.39 Å². The van der Waals surface area contributed by atoms with Crippen molar-refractivity contribution in [3.8, 4) is 11.5 Å². The van der Waals surface area contributed by atoms with Gasteiger partial charge in [0.05, 0.1) is 5.56 Å². The predicted octanol–water partition coefficient (Wildman–Crippen LogP) is 5.31. The first kappa shape index (κ1) is 17.2. The number of anilines is 2. The fourth-order valence-corrected chi connectivity index (χ4v) is 3.48. The summed E-state index contributed by atoms with van der Waals surface area (Å²) < 4.78 is 19.0. The fraction of sp³-hybridized carbons (Fsp3) is 0.0500. The van der Waals surface area contributed by atoms with E-state index in [0.717, 1.165) is 21.7 Å². The quantitative estimate of drug-likeness (QED) is 0.362. The summed E-state index contributed by atoms with van der Waals surface area (Å²) >= 11 is 1.57. The highest BCUT2D eigenvalue weighted by Crippen LogP contribution is 2.33. The molecule has 0 aliphatic carbocycles. The van der Waals surface area contributed by atoms with E-state index in [0.29, 0.717) is 17.7 Å². The van der Waals surface area contributed by atoms with Gasteiger partial charge >= 0.3 is 6.01 Å². The van der Waals surface area contributed by atoms with Crippen molar-refractivity contribution in [2.75, 3.05) is 5.32 Å². The van der Waals surface area contributed by atoms with Crippen molar-refractivity contribution in [2.45, 2.75) is 10.6 Å². The van der Waals surface area contributed by atoms with Crippen LogP contribution in [0.4, 0.5) is 16.1 Å². The molecule has 0 aliphatic heterocycles. The first-order valence-corrected chi connectivity index (χ1v) is 9.25. The monoisotopic (exact) mass is 378 g/mol. The molecule has 4 rings (SSSR count). The van der Waals surface area contributed by atoms with Crippen LogP contribution in [-0.4, -0.2) is 15.2 Å². The zero-order valence-electron chi connectivity index (χ0n) is 14.2. The Labute approximate surface area is 159 Å². The van der Waals surface area contributed by atoms with Crippen molar-refractivity contribution in [1.82, 2.24) is 15.2 Å².